The molecule has 5 rings (SSSR count). The molecular weight excluding hydrogens is 450 g/mol. The average Bonchev–Trinajstić information content (AvgIpc) is 2.84. The first kappa shape index (κ1) is 19.8. The van der Waals surface area contributed by atoms with Gasteiger partial charge in [-0.3, -0.25) is 4.79 Å². The standard InChI is InChI=1S/C26H22BrN3O/c27-20-12-10-19(11-13-20)25-18-23(22-8-4-5-9-24(22)28-25)26(31)30-16-14-29(15-17-30)21-6-2-1-3-7-21/h1-13,18H,14-17H2. The van der Waals surface area contributed by atoms with Gasteiger partial charge in [-0.25, -0.2) is 4.98 Å². The molecule has 2 heterocycles. The fraction of sp³-hybridized carbons (Fsp3) is 0.154. The average molecular weight is 472 g/mol. The summed E-state index contributed by atoms with van der Waals surface area (Å²) in [5, 5.41) is 0.902. The largest absolute Gasteiger partial charge is 0.368 e. The maximum atomic E-state index is 13.6. The number of pyridine rings is 1. The number of piperazine rings is 1. The quantitative estimate of drug-likeness (QED) is 0.388. The van der Waals surface area contributed by atoms with Gasteiger partial charge in [0.1, 0.15) is 0 Å². The van der Waals surface area contributed by atoms with Crippen molar-refractivity contribution in [2.75, 3.05) is 31.1 Å². The molecule has 0 atom stereocenters. The zero-order chi connectivity index (χ0) is 21.2. The molecule has 31 heavy (non-hydrogen) atoms. The predicted molar refractivity (Wildman–Crippen MR) is 129 cm³/mol. The van der Waals surface area contributed by atoms with Crippen molar-refractivity contribution in [3.8, 4) is 11.3 Å². The minimum Gasteiger partial charge on any atom is -0.368 e. The number of fused-ring (bicyclic) bond motifs is 1. The van der Waals surface area contributed by atoms with Crippen LogP contribution in [0, 0.1) is 0 Å². The van der Waals surface area contributed by atoms with E-state index in [1.54, 1.807) is 0 Å². The van der Waals surface area contributed by atoms with Gasteiger partial charge in [0, 0.05) is 47.3 Å². The fourth-order valence-electron chi connectivity index (χ4n) is 4.10. The number of aromatic nitrogens is 1. The minimum absolute atomic E-state index is 0.0738. The van der Waals surface area contributed by atoms with Crippen LogP contribution >= 0.6 is 15.9 Å². The highest BCUT2D eigenvalue weighted by molar-refractivity contribution is 9.10. The Balaban J connectivity index is 1.45. The van der Waals surface area contributed by atoms with Crippen molar-refractivity contribution in [3.05, 3.63) is 95.0 Å². The van der Waals surface area contributed by atoms with E-state index in [4.69, 9.17) is 4.98 Å². The third-order valence-electron chi connectivity index (χ3n) is 5.77. The Morgan fingerprint density at radius 1 is 0.806 bits per heavy atom. The maximum Gasteiger partial charge on any atom is 0.254 e. The SMILES string of the molecule is O=C(c1cc(-c2ccc(Br)cc2)nc2ccccc12)N1CCN(c2ccccc2)CC1. The normalized spacial score (nSPS) is 14.1. The van der Waals surface area contributed by atoms with Crippen molar-refractivity contribution >= 4 is 38.4 Å². The monoisotopic (exact) mass is 471 g/mol. The van der Waals surface area contributed by atoms with Gasteiger partial charge in [-0.05, 0) is 36.4 Å². The van der Waals surface area contributed by atoms with E-state index in [1.165, 1.54) is 5.69 Å². The van der Waals surface area contributed by atoms with Crippen LogP contribution < -0.4 is 4.90 Å². The number of halogens is 1. The number of rotatable bonds is 3. The summed E-state index contributed by atoms with van der Waals surface area (Å²) in [6, 6.07) is 28.3. The second-order valence-corrected chi connectivity index (χ2v) is 8.61. The van der Waals surface area contributed by atoms with Crippen LogP contribution in [0.2, 0.25) is 0 Å². The lowest BCUT2D eigenvalue weighted by atomic mass is 10.0. The van der Waals surface area contributed by atoms with E-state index in [2.05, 4.69) is 45.1 Å². The van der Waals surface area contributed by atoms with E-state index in [0.717, 1.165) is 45.3 Å². The molecule has 1 aliphatic rings. The summed E-state index contributed by atoms with van der Waals surface area (Å²) < 4.78 is 1.02. The van der Waals surface area contributed by atoms with Crippen molar-refractivity contribution < 1.29 is 4.79 Å². The van der Waals surface area contributed by atoms with Crippen LogP contribution in [0.15, 0.2) is 89.4 Å². The van der Waals surface area contributed by atoms with Crippen LogP contribution in [-0.2, 0) is 0 Å². The van der Waals surface area contributed by atoms with E-state index >= 15 is 0 Å². The molecule has 0 radical (unpaired) electrons. The fourth-order valence-corrected chi connectivity index (χ4v) is 4.36. The van der Waals surface area contributed by atoms with Gasteiger partial charge in [-0.1, -0.05) is 64.5 Å². The molecule has 1 saturated heterocycles. The van der Waals surface area contributed by atoms with Gasteiger partial charge in [0.05, 0.1) is 16.8 Å². The number of carbonyl (C=O) groups is 1. The van der Waals surface area contributed by atoms with Gasteiger partial charge in [-0.15, -0.1) is 0 Å². The molecule has 1 amide bonds. The number of anilines is 1. The number of amides is 1. The lowest BCUT2D eigenvalue weighted by Crippen LogP contribution is -2.48. The molecular formula is C26H22BrN3O. The predicted octanol–water partition coefficient (Wildman–Crippen LogP) is 5.63. The Kier molecular flexibility index (Phi) is 5.43. The number of benzene rings is 3. The topological polar surface area (TPSA) is 36.4 Å². The summed E-state index contributed by atoms with van der Waals surface area (Å²) in [5.74, 6) is 0.0738. The Hall–Kier alpha value is -3.18. The second kappa shape index (κ2) is 8.52. The van der Waals surface area contributed by atoms with Gasteiger partial charge in [0.2, 0.25) is 0 Å². The molecule has 1 aromatic heterocycles. The van der Waals surface area contributed by atoms with E-state index in [1.807, 2.05) is 65.6 Å². The highest BCUT2D eigenvalue weighted by atomic mass is 79.9. The molecule has 0 N–H and O–H groups in total. The smallest absolute Gasteiger partial charge is 0.254 e. The number of hydrogen-bond acceptors (Lipinski definition) is 3. The molecule has 4 aromatic rings. The summed E-state index contributed by atoms with van der Waals surface area (Å²) in [6.45, 7) is 3.08. The van der Waals surface area contributed by atoms with Crippen molar-refractivity contribution in [3.63, 3.8) is 0 Å². The second-order valence-electron chi connectivity index (χ2n) is 7.69. The summed E-state index contributed by atoms with van der Waals surface area (Å²) in [5.41, 5.74) is 4.58. The van der Waals surface area contributed by atoms with Crippen LogP contribution in [0.5, 0.6) is 0 Å². The number of hydrogen-bond donors (Lipinski definition) is 0. The summed E-state index contributed by atoms with van der Waals surface area (Å²) >= 11 is 3.48. The van der Waals surface area contributed by atoms with Crippen LogP contribution in [0.1, 0.15) is 10.4 Å². The molecule has 0 spiro atoms. The third-order valence-corrected chi connectivity index (χ3v) is 6.30. The first-order valence-electron chi connectivity index (χ1n) is 10.4. The van der Waals surface area contributed by atoms with Gasteiger partial charge >= 0.3 is 0 Å². The Labute approximate surface area is 190 Å². The number of para-hydroxylation sites is 2. The number of nitrogens with zero attached hydrogens (tertiary/aromatic N) is 3. The summed E-state index contributed by atoms with van der Waals surface area (Å²) in [4.78, 5) is 22.7. The van der Waals surface area contributed by atoms with E-state index in [9.17, 15) is 4.79 Å². The molecule has 3 aromatic carbocycles. The molecule has 0 bridgehead atoms. The maximum absolute atomic E-state index is 13.6. The third kappa shape index (κ3) is 4.06. The Morgan fingerprint density at radius 3 is 2.23 bits per heavy atom. The summed E-state index contributed by atoms with van der Waals surface area (Å²) in [6.07, 6.45) is 0. The van der Waals surface area contributed by atoms with Crippen molar-refractivity contribution in [2.45, 2.75) is 0 Å². The van der Waals surface area contributed by atoms with Gasteiger partial charge in [0.15, 0.2) is 0 Å². The van der Waals surface area contributed by atoms with Gasteiger partial charge < -0.3 is 9.80 Å². The van der Waals surface area contributed by atoms with Gasteiger partial charge in [-0.2, -0.15) is 0 Å². The molecule has 4 nitrogen and oxygen atoms in total. The van der Waals surface area contributed by atoms with Crippen molar-refractivity contribution in [1.82, 2.24) is 9.88 Å². The van der Waals surface area contributed by atoms with Gasteiger partial charge in [0.25, 0.3) is 5.91 Å². The van der Waals surface area contributed by atoms with Crippen LogP contribution in [0.4, 0.5) is 5.69 Å². The molecule has 154 valence electrons. The molecule has 0 aliphatic carbocycles. The Bertz CT molecular complexity index is 1220. The number of carbonyl (C=O) groups excluding carboxylic acids is 1. The first-order chi connectivity index (χ1) is 15.2. The molecule has 0 unspecified atom stereocenters. The van der Waals surface area contributed by atoms with E-state index in [-0.39, 0.29) is 5.91 Å². The highest BCUT2D eigenvalue weighted by Crippen LogP contribution is 2.27. The zero-order valence-corrected chi connectivity index (χ0v) is 18.6. The summed E-state index contributed by atoms with van der Waals surface area (Å²) in [7, 11) is 0. The molecule has 1 fully saturated rings. The van der Waals surface area contributed by atoms with E-state index < -0.39 is 0 Å². The highest BCUT2D eigenvalue weighted by Gasteiger charge is 2.24. The molecule has 1 aliphatic heterocycles. The van der Waals surface area contributed by atoms with E-state index in [0.29, 0.717) is 13.1 Å². The molecule has 0 saturated carbocycles. The van der Waals surface area contributed by atoms with Crippen LogP contribution in [-0.4, -0.2) is 42.0 Å². The van der Waals surface area contributed by atoms with Crippen LogP contribution in [0.25, 0.3) is 22.2 Å². The molecule has 5 heteroatoms. The first-order valence-corrected chi connectivity index (χ1v) is 11.2. The van der Waals surface area contributed by atoms with Crippen molar-refractivity contribution in [1.29, 1.82) is 0 Å². The lowest BCUT2D eigenvalue weighted by molar-refractivity contribution is 0.0748. The van der Waals surface area contributed by atoms with Crippen molar-refractivity contribution in [2.24, 2.45) is 0 Å². The van der Waals surface area contributed by atoms with Crippen LogP contribution in [0.3, 0.4) is 0 Å². The zero-order valence-electron chi connectivity index (χ0n) is 17.0. The minimum atomic E-state index is 0.0738. The Morgan fingerprint density at radius 2 is 1.48 bits per heavy atom. The lowest BCUT2D eigenvalue weighted by Gasteiger charge is -2.36.